The Hall–Kier alpha value is -2.82. The molecule has 0 aliphatic heterocycles. The van der Waals surface area contributed by atoms with E-state index in [2.05, 4.69) is 0 Å². The van der Waals surface area contributed by atoms with E-state index >= 15 is 0 Å². The first-order chi connectivity index (χ1) is 11.6. The predicted molar refractivity (Wildman–Crippen MR) is 88.0 cm³/mol. The van der Waals surface area contributed by atoms with Crippen molar-refractivity contribution in [3.05, 3.63) is 72.0 Å². The second-order valence-corrected chi connectivity index (χ2v) is 4.79. The first kappa shape index (κ1) is 19.2. The van der Waals surface area contributed by atoms with Crippen LogP contribution in [0.4, 0.5) is 4.39 Å². The third-order valence-corrected chi connectivity index (χ3v) is 2.67. The molecule has 0 saturated heterocycles. The van der Waals surface area contributed by atoms with Crippen LogP contribution in [0.2, 0.25) is 0 Å². The van der Waals surface area contributed by atoms with Gasteiger partial charge >= 0.3 is 5.97 Å². The minimum Gasteiger partial charge on any atom is -0.462 e. The number of rotatable bonds is 4. The van der Waals surface area contributed by atoms with E-state index in [1.165, 1.54) is 12.1 Å². The van der Waals surface area contributed by atoms with E-state index in [0.717, 1.165) is 19.1 Å². The van der Waals surface area contributed by atoms with E-state index in [0.29, 0.717) is 11.3 Å². The van der Waals surface area contributed by atoms with Crippen LogP contribution in [0, 0.1) is 5.82 Å². The van der Waals surface area contributed by atoms with Gasteiger partial charge in [-0.25, -0.2) is 9.18 Å². The Morgan fingerprint density at radius 2 is 1.50 bits per heavy atom. The molecule has 0 aromatic heterocycles. The van der Waals surface area contributed by atoms with E-state index in [-0.39, 0.29) is 24.8 Å². The minimum absolute atomic E-state index is 0.150. The largest absolute Gasteiger partial charge is 0.462 e. The number of Topliss-reactive ketones (excluding diaryl/α,β-unsaturated/α-hetero) is 1. The Labute approximate surface area is 140 Å². The van der Waals surface area contributed by atoms with Gasteiger partial charge in [-0.3, -0.25) is 4.79 Å². The Kier molecular flexibility index (Phi) is 9.38. The Morgan fingerprint density at radius 1 is 1.00 bits per heavy atom. The highest BCUT2D eigenvalue weighted by Gasteiger charge is 2.13. The summed E-state index contributed by atoms with van der Waals surface area (Å²) >= 11 is 0. The van der Waals surface area contributed by atoms with Crippen LogP contribution in [-0.4, -0.2) is 24.6 Å². The van der Waals surface area contributed by atoms with Crippen molar-refractivity contribution in [3.63, 3.8) is 0 Å². The van der Waals surface area contributed by atoms with Crippen LogP contribution >= 0.6 is 0 Å². The van der Waals surface area contributed by atoms with Gasteiger partial charge in [-0.05, 0) is 24.3 Å². The zero-order chi connectivity index (χ0) is 17.6. The van der Waals surface area contributed by atoms with E-state index in [9.17, 15) is 18.8 Å². The average molecular weight is 330 g/mol. The maximum atomic E-state index is 11.9. The number of carbonyl (C=O) groups excluding carboxylic acids is 3. The van der Waals surface area contributed by atoms with E-state index in [1.807, 2.05) is 6.07 Å². The van der Waals surface area contributed by atoms with Gasteiger partial charge in [0.25, 0.3) is 0 Å². The molecule has 0 N–H and O–H groups in total. The minimum atomic E-state index is -0.387. The molecule has 0 atom stereocenters. The highest BCUT2D eigenvalue weighted by molar-refractivity contribution is 5.92. The lowest BCUT2D eigenvalue weighted by Gasteiger charge is -2.01. The van der Waals surface area contributed by atoms with Crippen LogP contribution in [0.25, 0.3) is 0 Å². The van der Waals surface area contributed by atoms with Crippen molar-refractivity contribution in [2.24, 2.45) is 0 Å². The summed E-state index contributed by atoms with van der Waals surface area (Å²) in [6.07, 6.45) is 2.66. The van der Waals surface area contributed by atoms with Gasteiger partial charge < -0.3 is 9.53 Å². The summed E-state index contributed by atoms with van der Waals surface area (Å²) in [4.78, 5) is 30.7. The van der Waals surface area contributed by atoms with Gasteiger partial charge in [-0.15, -0.1) is 0 Å². The first-order valence-electron chi connectivity index (χ1n) is 7.51. The maximum Gasteiger partial charge on any atom is 0.338 e. The molecule has 24 heavy (non-hydrogen) atoms. The van der Waals surface area contributed by atoms with Crippen molar-refractivity contribution in [2.45, 2.75) is 19.3 Å². The maximum absolute atomic E-state index is 11.9. The lowest BCUT2D eigenvalue weighted by Crippen LogP contribution is -2.06. The van der Waals surface area contributed by atoms with Crippen molar-refractivity contribution < 1.29 is 23.5 Å². The molecule has 0 bridgehead atoms. The summed E-state index contributed by atoms with van der Waals surface area (Å²) in [6, 6.07) is 16.6. The van der Waals surface area contributed by atoms with Gasteiger partial charge in [0.05, 0.1) is 12.2 Å². The predicted octanol–water partition coefficient (Wildman–Crippen LogP) is 3.61. The molecule has 126 valence electrons. The number of esters is 1. The number of hydrogen-bond donors (Lipinski definition) is 0. The van der Waals surface area contributed by atoms with Gasteiger partial charge in [0.15, 0.2) is 0 Å². The zero-order valence-electron chi connectivity index (χ0n) is 13.2. The fourth-order valence-corrected chi connectivity index (χ4v) is 1.32. The molecule has 0 unspecified atom stereocenters. The Morgan fingerprint density at radius 3 is 1.88 bits per heavy atom. The third kappa shape index (κ3) is 10.00. The van der Waals surface area contributed by atoms with Crippen molar-refractivity contribution in [1.82, 2.24) is 0 Å². The van der Waals surface area contributed by atoms with E-state index in [1.54, 1.807) is 42.5 Å². The first-order valence-corrected chi connectivity index (χ1v) is 7.51. The third-order valence-electron chi connectivity index (χ3n) is 2.67. The molecule has 0 spiro atoms. The molecule has 2 aromatic rings. The fourth-order valence-electron chi connectivity index (χ4n) is 1.32. The van der Waals surface area contributed by atoms with Crippen molar-refractivity contribution in [1.29, 1.82) is 0 Å². The van der Waals surface area contributed by atoms with Crippen molar-refractivity contribution >= 4 is 18.0 Å². The second-order valence-electron chi connectivity index (χ2n) is 4.79. The second kappa shape index (κ2) is 11.7. The molecular formula is C19H19FO4. The summed E-state index contributed by atoms with van der Waals surface area (Å²) in [5.74, 6) is -0.148. The zero-order valence-corrected chi connectivity index (χ0v) is 13.2. The molecule has 1 aliphatic rings. The molecule has 1 saturated carbocycles. The summed E-state index contributed by atoms with van der Waals surface area (Å²) in [6.45, 7) is 0.150. The highest BCUT2D eigenvalue weighted by Crippen LogP contribution is 2.08. The SMILES string of the molecule is Fc1ccccc1.O=C1CC1.O=CCCOC(=O)c1ccccc1. The quantitative estimate of drug-likeness (QED) is 0.488. The van der Waals surface area contributed by atoms with Gasteiger partial charge in [0, 0.05) is 19.3 Å². The highest BCUT2D eigenvalue weighted by atomic mass is 19.1. The summed E-state index contributed by atoms with van der Waals surface area (Å²) in [7, 11) is 0. The summed E-state index contributed by atoms with van der Waals surface area (Å²) in [5, 5.41) is 0. The molecule has 0 amide bonds. The Balaban J connectivity index is 0.000000215. The number of aldehydes is 1. The van der Waals surface area contributed by atoms with Gasteiger partial charge in [0.1, 0.15) is 17.9 Å². The van der Waals surface area contributed by atoms with Gasteiger partial charge in [-0.1, -0.05) is 36.4 Å². The number of hydrogen-bond acceptors (Lipinski definition) is 4. The van der Waals surface area contributed by atoms with Crippen molar-refractivity contribution in [2.75, 3.05) is 6.61 Å². The molecule has 3 rings (SSSR count). The fraction of sp³-hybridized carbons (Fsp3) is 0.211. The topological polar surface area (TPSA) is 60.4 Å². The molecule has 0 heterocycles. The van der Waals surface area contributed by atoms with Crippen LogP contribution in [0.15, 0.2) is 60.7 Å². The summed E-state index contributed by atoms with van der Waals surface area (Å²) in [5.41, 5.74) is 0.508. The van der Waals surface area contributed by atoms with Crippen LogP contribution in [0.3, 0.4) is 0 Å². The van der Waals surface area contributed by atoms with E-state index in [4.69, 9.17) is 4.74 Å². The lowest BCUT2D eigenvalue weighted by atomic mass is 10.2. The Bertz CT molecular complexity index is 620. The monoisotopic (exact) mass is 330 g/mol. The number of carbonyl (C=O) groups is 3. The van der Waals surface area contributed by atoms with Crippen LogP contribution in [-0.2, 0) is 14.3 Å². The molecule has 2 aromatic carbocycles. The molecule has 1 fully saturated rings. The number of halogens is 1. The normalized spacial score (nSPS) is 11.1. The van der Waals surface area contributed by atoms with Gasteiger partial charge in [0.2, 0.25) is 0 Å². The number of ether oxygens (including phenoxy) is 1. The average Bonchev–Trinajstić information content (AvgIpc) is 3.40. The van der Waals surface area contributed by atoms with Gasteiger partial charge in [-0.2, -0.15) is 0 Å². The van der Waals surface area contributed by atoms with E-state index < -0.39 is 0 Å². The smallest absolute Gasteiger partial charge is 0.338 e. The molecule has 1 aliphatic carbocycles. The number of ketones is 1. The molecule has 5 heteroatoms. The van der Waals surface area contributed by atoms with Crippen LogP contribution in [0.5, 0.6) is 0 Å². The van der Waals surface area contributed by atoms with Crippen molar-refractivity contribution in [3.8, 4) is 0 Å². The standard InChI is InChI=1S/C10H10O3.C6H5F.C3H4O/c11-7-4-8-13-10(12)9-5-2-1-3-6-9;7-6-4-2-1-3-5-6;4-3-1-2-3/h1-3,5-7H,4,8H2;1-5H;1-2H2. The molecular weight excluding hydrogens is 311 g/mol. The van der Waals surface area contributed by atoms with Crippen LogP contribution in [0.1, 0.15) is 29.6 Å². The van der Waals surface area contributed by atoms with Crippen LogP contribution < -0.4 is 0 Å². The number of benzene rings is 2. The summed E-state index contributed by atoms with van der Waals surface area (Å²) < 4.78 is 16.7. The molecule has 0 radical (unpaired) electrons. The molecule has 4 nitrogen and oxygen atoms in total. The lowest BCUT2D eigenvalue weighted by molar-refractivity contribution is -0.110.